The number of hydrogen-bond acceptors (Lipinski definition) is 2. The summed E-state index contributed by atoms with van der Waals surface area (Å²) in [5, 5.41) is 0. The highest BCUT2D eigenvalue weighted by Gasteiger charge is 2.23. The van der Waals surface area contributed by atoms with E-state index < -0.39 is 0 Å². The molecule has 0 aromatic heterocycles. The minimum atomic E-state index is -0.344. The molecule has 4 heteroatoms. The molecule has 0 bridgehead atoms. The van der Waals surface area contributed by atoms with Gasteiger partial charge in [0.25, 0.3) is 0 Å². The average Bonchev–Trinajstić information content (AvgIpc) is 2.90. The molecule has 1 aliphatic rings. The second kappa shape index (κ2) is 3.64. The Morgan fingerprint density at radius 1 is 1.62 bits per heavy atom. The monoisotopic (exact) mass is 246 g/mol. The Labute approximate surface area is 83.8 Å². The highest BCUT2D eigenvalue weighted by molar-refractivity contribution is 9.10. The third kappa shape index (κ3) is 2.42. The van der Waals surface area contributed by atoms with Crippen LogP contribution in [0.3, 0.4) is 0 Å². The molecule has 0 amide bonds. The molecule has 1 aromatic carbocycles. The number of benzene rings is 1. The number of epoxide rings is 1. The Kier molecular flexibility index (Phi) is 2.51. The van der Waals surface area contributed by atoms with Crippen LogP contribution >= 0.6 is 15.9 Å². The predicted molar refractivity (Wildman–Crippen MR) is 49.3 cm³/mol. The zero-order chi connectivity index (χ0) is 9.26. The van der Waals surface area contributed by atoms with Gasteiger partial charge in [-0.1, -0.05) is 15.9 Å². The first-order valence-electron chi connectivity index (χ1n) is 3.95. The van der Waals surface area contributed by atoms with Crippen LogP contribution in [-0.2, 0) is 4.74 Å². The Morgan fingerprint density at radius 3 is 3.08 bits per heavy atom. The molecule has 1 aliphatic heterocycles. The SMILES string of the molecule is Fc1ccc(Br)cc1OCC1CO1. The maximum atomic E-state index is 13.1. The fraction of sp³-hybridized carbons (Fsp3) is 0.333. The highest BCUT2D eigenvalue weighted by atomic mass is 79.9. The van der Waals surface area contributed by atoms with E-state index in [1.807, 2.05) is 0 Å². The quantitative estimate of drug-likeness (QED) is 0.765. The van der Waals surface area contributed by atoms with Crippen LogP contribution in [0.5, 0.6) is 5.75 Å². The van der Waals surface area contributed by atoms with Crippen molar-refractivity contribution in [3.63, 3.8) is 0 Å². The Hall–Kier alpha value is -0.610. The molecule has 13 heavy (non-hydrogen) atoms. The lowest BCUT2D eigenvalue weighted by atomic mass is 10.3. The number of ether oxygens (including phenoxy) is 2. The fourth-order valence-corrected chi connectivity index (χ4v) is 1.27. The van der Waals surface area contributed by atoms with Crippen molar-refractivity contribution in [2.45, 2.75) is 6.10 Å². The summed E-state index contributed by atoms with van der Waals surface area (Å²) in [4.78, 5) is 0. The molecule has 2 nitrogen and oxygen atoms in total. The van der Waals surface area contributed by atoms with Gasteiger partial charge in [0, 0.05) is 4.47 Å². The van der Waals surface area contributed by atoms with E-state index in [1.54, 1.807) is 12.1 Å². The van der Waals surface area contributed by atoms with Gasteiger partial charge in [-0.25, -0.2) is 4.39 Å². The largest absolute Gasteiger partial charge is 0.488 e. The topological polar surface area (TPSA) is 21.8 Å². The van der Waals surface area contributed by atoms with Crippen LogP contribution < -0.4 is 4.74 Å². The van der Waals surface area contributed by atoms with Crippen LogP contribution in [0.1, 0.15) is 0 Å². The summed E-state index contributed by atoms with van der Waals surface area (Å²) in [6.45, 7) is 1.14. The van der Waals surface area contributed by atoms with Gasteiger partial charge in [0.1, 0.15) is 12.7 Å². The summed E-state index contributed by atoms with van der Waals surface area (Å²) >= 11 is 3.24. The third-order valence-corrected chi connectivity index (χ3v) is 2.21. The molecule has 1 saturated heterocycles. The first-order chi connectivity index (χ1) is 6.25. The summed E-state index contributed by atoms with van der Waals surface area (Å²) in [6.07, 6.45) is 0.151. The molecular formula is C9H8BrFO2. The van der Waals surface area contributed by atoms with Gasteiger partial charge >= 0.3 is 0 Å². The van der Waals surface area contributed by atoms with Crippen molar-refractivity contribution in [2.75, 3.05) is 13.2 Å². The van der Waals surface area contributed by atoms with Crippen molar-refractivity contribution < 1.29 is 13.9 Å². The van der Waals surface area contributed by atoms with E-state index in [1.165, 1.54) is 6.07 Å². The maximum Gasteiger partial charge on any atom is 0.165 e. The molecule has 1 heterocycles. The second-order valence-corrected chi connectivity index (χ2v) is 3.76. The molecule has 1 fully saturated rings. The van der Waals surface area contributed by atoms with E-state index in [9.17, 15) is 4.39 Å². The van der Waals surface area contributed by atoms with Crippen LogP contribution in [0.4, 0.5) is 4.39 Å². The Bertz CT molecular complexity index is 312. The van der Waals surface area contributed by atoms with Crippen LogP contribution in [0.15, 0.2) is 22.7 Å². The highest BCUT2D eigenvalue weighted by Crippen LogP contribution is 2.23. The van der Waals surface area contributed by atoms with E-state index in [2.05, 4.69) is 15.9 Å². The third-order valence-electron chi connectivity index (χ3n) is 1.72. The molecule has 0 saturated carbocycles. The van der Waals surface area contributed by atoms with Gasteiger partial charge in [0.15, 0.2) is 11.6 Å². The van der Waals surface area contributed by atoms with Crippen molar-refractivity contribution in [2.24, 2.45) is 0 Å². The van der Waals surface area contributed by atoms with Gasteiger partial charge in [0.2, 0.25) is 0 Å². The van der Waals surface area contributed by atoms with Crippen molar-refractivity contribution in [1.82, 2.24) is 0 Å². The lowest BCUT2D eigenvalue weighted by molar-refractivity contribution is 0.253. The second-order valence-electron chi connectivity index (χ2n) is 2.84. The zero-order valence-corrected chi connectivity index (χ0v) is 8.38. The van der Waals surface area contributed by atoms with Gasteiger partial charge in [-0.15, -0.1) is 0 Å². The molecule has 0 spiro atoms. The zero-order valence-electron chi connectivity index (χ0n) is 6.80. The van der Waals surface area contributed by atoms with Gasteiger partial charge in [0.05, 0.1) is 6.61 Å². The minimum absolute atomic E-state index is 0.151. The standard InChI is InChI=1S/C9H8BrFO2/c10-6-1-2-8(11)9(3-6)13-5-7-4-12-7/h1-3,7H,4-5H2. The summed E-state index contributed by atoms with van der Waals surface area (Å²) in [5.74, 6) is -0.0753. The van der Waals surface area contributed by atoms with Crippen LogP contribution in [0, 0.1) is 5.82 Å². The molecule has 1 atom stereocenters. The van der Waals surface area contributed by atoms with Crippen LogP contribution in [0.25, 0.3) is 0 Å². The van der Waals surface area contributed by atoms with Crippen molar-refractivity contribution >= 4 is 15.9 Å². The van der Waals surface area contributed by atoms with Crippen molar-refractivity contribution in [3.05, 3.63) is 28.5 Å². The predicted octanol–water partition coefficient (Wildman–Crippen LogP) is 2.37. The van der Waals surface area contributed by atoms with Gasteiger partial charge in [-0.3, -0.25) is 0 Å². The molecule has 70 valence electrons. The van der Waals surface area contributed by atoms with Crippen LogP contribution in [-0.4, -0.2) is 19.3 Å². The number of hydrogen-bond donors (Lipinski definition) is 0. The first kappa shape index (κ1) is 8.97. The molecule has 1 unspecified atom stereocenters. The van der Waals surface area contributed by atoms with Gasteiger partial charge in [-0.2, -0.15) is 0 Å². The lowest BCUT2D eigenvalue weighted by Crippen LogP contribution is -2.05. The Morgan fingerprint density at radius 2 is 2.38 bits per heavy atom. The summed E-state index contributed by atoms with van der Waals surface area (Å²) in [5.41, 5.74) is 0. The minimum Gasteiger partial charge on any atom is -0.488 e. The summed E-state index contributed by atoms with van der Waals surface area (Å²) in [7, 11) is 0. The summed E-state index contributed by atoms with van der Waals surface area (Å²) < 4.78 is 24.0. The first-order valence-corrected chi connectivity index (χ1v) is 4.74. The normalized spacial score (nSPS) is 20.0. The molecule has 0 N–H and O–H groups in total. The van der Waals surface area contributed by atoms with E-state index in [0.29, 0.717) is 6.61 Å². The van der Waals surface area contributed by atoms with Crippen LogP contribution in [0.2, 0.25) is 0 Å². The molecular weight excluding hydrogens is 239 g/mol. The molecule has 2 rings (SSSR count). The number of halogens is 2. The van der Waals surface area contributed by atoms with E-state index in [-0.39, 0.29) is 17.7 Å². The molecule has 0 radical (unpaired) electrons. The van der Waals surface area contributed by atoms with Gasteiger partial charge in [-0.05, 0) is 18.2 Å². The van der Waals surface area contributed by atoms with Crippen molar-refractivity contribution in [1.29, 1.82) is 0 Å². The smallest absolute Gasteiger partial charge is 0.165 e. The summed E-state index contributed by atoms with van der Waals surface area (Å²) in [6, 6.07) is 4.61. The number of rotatable bonds is 3. The average molecular weight is 247 g/mol. The van der Waals surface area contributed by atoms with E-state index >= 15 is 0 Å². The van der Waals surface area contributed by atoms with E-state index in [4.69, 9.17) is 9.47 Å². The Balaban J connectivity index is 2.03. The van der Waals surface area contributed by atoms with E-state index in [0.717, 1.165) is 11.1 Å². The van der Waals surface area contributed by atoms with Crippen molar-refractivity contribution in [3.8, 4) is 5.75 Å². The molecule has 0 aliphatic carbocycles. The molecule has 1 aromatic rings. The maximum absolute atomic E-state index is 13.1. The van der Waals surface area contributed by atoms with Gasteiger partial charge < -0.3 is 9.47 Å². The lowest BCUT2D eigenvalue weighted by Gasteiger charge is -2.05. The fourth-order valence-electron chi connectivity index (χ4n) is 0.935.